The summed E-state index contributed by atoms with van der Waals surface area (Å²) in [5.41, 5.74) is 0. The van der Waals surface area contributed by atoms with Crippen molar-refractivity contribution in [2.24, 2.45) is 0 Å². The first-order valence-corrected chi connectivity index (χ1v) is 19.1. The van der Waals surface area contributed by atoms with Gasteiger partial charge in [0.05, 0.1) is 24.6 Å². The van der Waals surface area contributed by atoms with Gasteiger partial charge in [0, 0.05) is 41.2 Å². The fourth-order valence-electron chi connectivity index (χ4n) is 4.11. The smallest absolute Gasteiger partial charge is 0.0654 e. The van der Waals surface area contributed by atoms with Crippen LogP contribution in [0.5, 0.6) is 0 Å². The number of hydrogen-bond acceptors (Lipinski definition) is 0. The average molecular weight is 433 g/mol. The molecule has 0 aliphatic rings. The molecule has 28 heavy (non-hydrogen) atoms. The molecule has 0 atom stereocenters. The van der Waals surface area contributed by atoms with Crippen LogP contribution >= 0.6 is 14.5 Å². The van der Waals surface area contributed by atoms with Gasteiger partial charge in [0.2, 0.25) is 0 Å². The number of hydrogen-bond donors (Lipinski definition) is 0. The van der Waals surface area contributed by atoms with E-state index in [-0.39, 0.29) is 0 Å². The van der Waals surface area contributed by atoms with Crippen LogP contribution in [0.2, 0.25) is 0 Å². The lowest BCUT2D eigenvalue weighted by Crippen LogP contribution is -2.10. The molecule has 0 aliphatic heterocycles. The first kappa shape index (κ1) is 28.9. The Kier molecular flexibility index (Phi) is 19.2. The normalized spacial score (nSPS) is 12.6. The van der Waals surface area contributed by atoms with Crippen LogP contribution in [0.1, 0.15) is 117 Å². The molecule has 0 rings (SSSR count). The van der Waals surface area contributed by atoms with Crippen LogP contribution in [-0.2, 0) is 0 Å². The van der Waals surface area contributed by atoms with Gasteiger partial charge in [-0.05, 0) is 25.7 Å². The third-order valence-electron chi connectivity index (χ3n) is 6.54. The topological polar surface area (TPSA) is 0 Å². The summed E-state index contributed by atoms with van der Waals surface area (Å²) >= 11 is 0. The minimum Gasteiger partial charge on any atom is -0.0654 e. The highest BCUT2D eigenvalue weighted by Crippen LogP contribution is 2.59. The van der Waals surface area contributed by atoms with Gasteiger partial charge in [-0.3, -0.25) is 0 Å². The third kappa shape index (κ3) is 20.1. The molecule has 0 N–H and O–H groups in total. The van der Waals surface area contributed by atoms with Crippen molar-refractivity contribution in [2.75, 3.05) is 51.3 Å². The van der Waals surface area contributed by atoms with E-state index in [4.69, 9.17) is 0 Å². The Morgan fingerprint density at radius 2 is 0.571 bits per heavy atom. The molecule has 0 heterocycles. The Morgan fingerprint density at radius 1 is 0.321 bits per heavy atom. The van der Waals surface area contributed by atoms with Crippen LogP contribution in [-0.4, -0.2) is 51.3 Å². The van der Waals surface area contributed by atoms with E-state index in [1.165, 1.54) is 103 Å². The summed E-state index contributed by atoms with van der Waals surface area (Å²) in [5.74, 6) is 0. The van der Waals surface area contributed by atoms with Crippen LogP contribution in [0.15, 0.2) is 0 Å². The van der Waals surface area contributed by atoms with Gasteiger partial charge in [-0.2, -0.15) is 0 Å². The monoisotopic (exact) mass is 432 g/mol. The second kappa shape index (κ2) is 18.6. The van der Waals surface area contributed by atoms with Crippen LogP contribution in [0.4, 0.5) is 0 Å². The molecule has 2 heteroatoms. The fourth-order valence-corrected chi connectivity index (χ4v) is 11.1. The Hall–Kier alpha value is 0.860. The molecule has 0 aromatic heterocycles. The predicted octanol–water partition coefficient (Wildman–Crippen LogP) is 9.82. The van der Waals surface area contributed by atoms with E-state index >= 15 is 0 Å². The van der Waals surface area contributed by atoms with Crippen LogP contribution in [0.25, 0.3) is 0 Å². The lowest BCUT2D eigenvalue weighted by molar-refractivity contribution is 0.585. The maximum absolute atomic E-state index is 2.64. The largest absolute Gasteiger partial charge is 0.0923 e. The van der Waals surface area contributed by atoms with E-state index in [2.05, 4.69) is 40.5 Å². The summed E-state index contributed by atoms with van der Waals surface area (Å²) < 4.78 is 0. The van der Waals surface area contributed by atoms with Gasteiger partial charge in [-0.15, -0.1) is 0 Å². The molecule has 0 saturated carbocycles. The van der Waals surface area contributed by atoms with E-state index in [0.717, 1.165) is 0 Å². The van der Waals surface area contributed by atoms with Crippen molar-refractivity contribution in [3.05, 3.63) is 0 Å². The summed E-state index contributed by atoms with van der Waals surface area (Å²) in [6, 6.07) is 0. The van der Waals surface area contributed by atoms with Crippen molar-refractivity contribution in [3.8, 4) is 0 Å². The predicted molar refractivity (Wildman–Crippen MR) is 142 cm³/mol. The van der Waals surface area contributed by atoms with Crippen molar-refractivity contribution >= 4 is 14.5 Å². The molecular formula is C26H58P2+2. The highest BCUT2D eigenvalue weighted by Gasteiger charge is 2.32. The average Bonchev–Trinajstić information content (AvgIpc) is 2.65. The van der Waals surface area contributed by atoms with Crippen molar-refractivity contribution in [1.82, 2.24) is 0 Å². The molecule has 170 valence electrons. The van der Waals surface area contributed by atoms with E-state index < -0.39 is 14.5 Å². The molecule has 0 saturated heterocycles. The zero-order valence-electron chi connectivity index (χ0n) is 21.0. The van der Waals surface area contributed by atoms with E-state index in [1.807, 2.05) is 0 Å². The van der Waals surface area contributed by atoms with Crippen molar-refractivity contribution in [1.29, 1.82) is 0 Å². The van der Waals surface area contributed by atoms with Crippen molar-refractivity contribution < 1.29 is 0 Å². The molecule has 0 amide bonds. The molecule has 0 aromatic rings. The van der Waals surface area contributed by atoms with Gasteiger partial charge in [-0.25, -0.2) is 0 Å². The zero-order valence-corrected chi connectivity index (χ0v) is 22.8. The minimum absolute atomic E-state index is 0.638. The highest BCUT2D eigenvalue weighted by atomic mass is 31.2. The van der Waals surface area contributed by atoms with Crippen molar-refractivity contribution in [2.45, 2.75) is 117 Å². The van der Waals surface area contributed by atoms with E-state index in [0.29, 0.717) is 0 Å². The summed E-state index contributed by atoms with van der Waals surface area (Å²) in [7, 11) is -1.28. The minimum atomic E-state index is -0.638. The molecule has 0 aromatic carbocycles. The van der Waals surface area contributed by atoms with Gasteiger partial charge in [0.15, 0.2) is 0 Å². The van der Waals surface area contributed by atoms with Gasteiger partial charge < -0.3 is 0 Å². The summed E-state index contributed by atoms with van der Waals surface area (Å²) in [6.07, 6.45) is 29.7. The SMILES string of the molecule is CCCCCCCCCC[P+](C)(C)CC[P+](C)(C)CCCCCCCCCC. The molecule has 0 radical (unpaired) electrons. The Bertz CT molecular complexity index is 290. The fraction of sp³-hybridized carbons (Fsp3) is 1.00. The van der Waals surface area contributed by atoms with Crippen molar-refractivity contribution in [3.63, 3.8) is 0 Å². The van der Waals surface area contributed by atoms with Crippen LogP contribution < -0.4 is 0 Å². The van der Waals surface area contributed by atoms with Gasteiger partial charge in [0.25, 0.3) is 0 Å². The van der Waals surface area contributed by atoms with Gasteiger partial charge in [0.1, 0.15) is 0 Å². The summed E-state index contributed by atoms with van der Waals surface area (Å²) in [6.45, 7) is 15.2. The summed E-state index contributed by atoms with van der Waals surface area (Å²) in [5, 5.41) is 0. The standard InChI is InChI=1S/C26H58P2/c1-7-9-11-13-15-17-19-21-23-27(3,4)25-26-28(5,6)24-22-20-18-16-14-12-10-8-2/h7-26H2,1-6H3/q+2. The molecule has 0 bridgehead atoms. The Morgan fingerprint density at radius 3 is 0.857 bits per heavy atom. The first-order chi connectivity index (χ1) is 13.3. The van der Waals surface area contributed by atoms with Gasteiger partial charge >= 0.3 is 0 Å². The second-order valence-electron chi connectivity index (χ2n) is 10.7. The maximum Gasteiger partial charge on any atom is 0.0923 e. The van der Waals surface area contributed by atoms with Gasteiger partial charge in [-0.1, -0.05) is 90.9 Å². The lowest BCUT2D eigenvalue weighted by Gasteiger charge is -2.23. The quantitative estimate of drug-likeness (QED) is 0.125. The maximum atomic E-state index is 2.64. The van der Waals surface area contributed by atoms with E-state index in [1.54, 1.807) is 24.6 Å². The molecule has 0 spiro atoms. The Labute approximate surface area is 182 Å². The molecule has 0 nitrogen and oxygen atoms in total. The molecule has 0 fully saturated rings. The zero-order chi connectivity index (χ0) is 21.1. The molecule has 0 aliphatic carbocycles. The van der Waals surface area contributed by atoms with Crippen LogP contribution in [0, 0.1) is 0 Å². The highest BCUT2D eigenvalue weighted by molar-refractivity contribution is 7.78. The molecular weight excluding hydrogens is 374 g/mol. The lowest BCUT2D eigenvalue weighted by atomic mass is 10.1. The summed E-state index contributed by atoms with van der Waals surface area (Å²) in [4.78, 5) is 0. The first-order valence-electron chi connectivity index (χ1n) is 13.0. The Balaban J connectivity index is 3.69. The number of rotatable bonds is 21. The van der Waals surface area contributed by atoms with Crippen LogP contribution in [0.3, 0.4) is 0 Å². The van der Waals surface area contributed by atoms with E-state index in [9.17, 15) is 0 Å². The molecule has 0 unspecified atom stereocenters. The number of unbranched alkanes of at least 4 members (excludes halogenated alkanes) is 14. The second-order valence-corrected chi connectivity index (χ2v) is 20.2. The third-order valence-corrected chi connectivity index (χ3v) is 12.8.